The van der Waals surface area contributed by atoms with Gasteiger partial charge < -0.3 is 31.2 Å². The van der Waals surface area contributed by atoms with Crippen LogP contribution in [0, 0.1) is 5.92 Å². The van der Waals surface area contributed by atoms with Gasteiger partial charge in [0.05, 0.1) is 12.1 Å². The van der Waals surface area contributed by atoms with Crippen molar-refractivity contribution >= 4 is 40.4 Å². The van der Waals surface area contributed by atoms with E-state index in [9.17, 15) is 24.0 Å². The number of Topliss-reactive ketones (excluding diaryl/α,β-unsaturated/α-hetero) is 1. The molecule has 204 valence electrons. The number of ketones is 1. The van der Waals surface area contributed by atoms with E-state index in [4.69, 9.17) is 0 Å². The molecular weight excluding hydrogens is 500 g/mol. The molecule has 1 aliphatic rings. The van der Waals surface area contributed by atoms with Crippen LogP contribution in [0.3, 0.4) is 0 Å². The van der Waals surface area contributed by atoms with E-state index in [1.807, 2.05) is 48.5 Å². The highest BCUT2D eigenvalue weighted by Gasteiger charge is 2.35. The average molecular weight is 533 g/mol. The van der Waals surface area contributed by atoms with Crippen LogP contribution >= 0.6 is 0 Å². The highest BCUT2D eigenvalue weighted by molar-refractivity contribution is 6.38. The first-order valence-electron chi connectivity index (χ1n) is 12.8. The van der Waals surface area contributed by atoms with Gasteiger partial charge in [0.2, 0.25) is 11.7 Å². The van der Waals surface area contributed by atoms with E-state index in [1.54, 1.807) is 26.1 Å². The molecule has 1 aliphatic heterocycles. The SMILES string of the molecule is CC(C)[C@H](NC(=O)c1c[nH]c2ccccc12)C(=O)N[C@@H](CN1CCNC1=O)C(=O)C(=O)NCc1ccccc1. The van der Waals surface area contributed by atoms with Crippen molar-refractivity contribution in [3.63, 3.8) is 0 Å². The summed E-state index contributed by atoms with van der Waals surface area (Å²) in [5.74, 6) is -3.19. The Kier molecular flexibility index (Phi) is 8.60. The standard InChI is InChI=1S/C28H32N6O5/c1-17(2)23(33-25(36)20-15-30-21-11-7-6-10-19(20)21)26(37)32-22(16-34-13-12-29-28(34)39)24(35)27(38)31-14-18-8-4-3-5-9-18/h3-11,15,17,22-23,30H,12-14,16H2,1-2H3,(H,29,39)(H,31,38)(H,32,37)(H,33,36)/t22-,23-/m0/s1. The van der Waals surface area contributed by atoms with E-state index >= 15 is 0 Å². The van der Waals surface area contributed by atoms with Crippen LogP contribution in [-0.2, 0) is 20.9 Å². The number of amides is 5. The summed E-state index contributed by atoms with van der Waals surface area (Å²) in [6.07, 6.45) is 1.57. The molecule has 1 fully saturated rings. The van der Waals surface area contributed by atoms with Gasteiger partial charge in [0.1, 0.15) is 12.1 Å². The molecule has 0 radical (unpaired) electrons. The molecule has 5 N–H and O–H groups in total. The molecule has 11 heteroatoms. The van der Waals surface area contributed by atoms with Crippen LogP contribution in [0.25, 0.3) is 10.9 Å². The number of carbonyl (C=O) groups is 5. The zero-order valence-electron chi connectivity index (χ0n) is 21.8. The molecule has 2 heterocycles. The number of hydrogen-bond acceptors (Lipinski definition) is 5. The fourth-order valence-corrected chi connectivity index (χ4v) is 4.40. The number of nitrogens with one attached hydrogen (secondary N) is 5. The van der Waals surface area contributed by atoms with E-state index in [2.05, 4.69) is 26.3 Å². The highest BCUT2D eigenvalue weighted by Crippen LogP contribution is 2.18. The van der Waals surface area contributed by atoms with Gasteiger partial charge in [-0.1, -0.05) is 62.4 Å². The lowest BCUT2D eigenvalue weighted by atomic mass is 10.0. The maximum atomic E-state index is 13.4. The van der Waals surface area contributed by atoms with E-state index in [-0.39, 0.29) is 25.0 Å². The van der Waals surface area contributed by atoms with E-state index in [0.717, 1.165) is 11.1 Å². The van der Waals surface area contributed by atoms with Gasteiger partial charge in [0, 0.05) is 36.7 Å². The number of carbonyl (C=O) groups excluding carboxylic acids is 5. The number of aromatic nitrogens is 1. The molecule has 0 aliphatic carbocycles. The number of hydrogen-bond donors (Lipinski definition) is 5. The molecule has 2 aromatic carbocycles. The zero-order chi connectivity index (χ0) is 27.9. The van der Waals surface area contributed by atoms with E-state index in [1.165, 1.54) is 4.90 Å². The third-order valence-corrected chi connectivity index (χ3v) is 6.57. The third kappa shape index (κ3) is 6.61. The van der Waals surface area contributed by atoms with Crippen molar-refractivity contribution < 1.29 is 24.0 Å². The summed E-state index contributed by atoms with van der Waals surface area (Å²) in [6, 6.07) is 13.7. The second kappa shape index (κ2) is 12.2. The molecule has 0 spiro atoms. The topological polar surface area (TPSA) is 152 Å². The molecule has 11 nitrogen and oxygen atoms in total. The Morgan fingerprint density at radius 3 is 2.38 bits per heavy atom. The Bertz CT molecular complexity index is 1370. The molecule has 3 aromatic rings. The number of benzene rings is 2. The van der Waals surface area contributed by atoms with Crippen LogP contribution in [0.15, 0.2) is 60.8 Å². The first kappa shape index (κ1) is 27.4. The minimum atomic E-state index is -1.30. The van der Waals surface area contributed by atoms with Gasteiger partial charge in [-0.3, -0.25) is 19.2 Å². The van der Waals surface area contributed by atoms with Gasteiger partial charge in [-0.05, 0) is 17.5 Å². The van der Waals surface area contributed by atoms with Crippen molar-refractivity contribution in [1.82, 2.24) is 31.2 Å². The van der Waals surface area contributed by atoms with E-state index < -0.39 is 35.6 Å². The van der Waals surface area contributed by atoms with Gasteiger partial charge in [-0.15, -0.1) is 0 Å². The highest BCUT2D eigenvalue weighted by atomic mass is 16.2. The van der Waals surface area contributed by atoms with Gasteiger partial charge in [0.15, 0.2) is 0 Å². The Hall–Kier alpha value is -4.67. The maximum absolute atomic E-state index is 13.4. The quantitative estimate of drug-likeness (QED) is 0.236. The van der Waals surface area contributed by atoms with Gasteiger partial charge in [-0.2, -0.15) is 0 Å². The minimum absolute atomic E-state index is 0.131. The summed E-state index contributed by atoms with van der Waals surface area (Å²) in [4.78, 5) is 69.0. The van der Waals surface area contributed by atoms with Gasteiger partial charge in [0.25, 0.3) is 11.8 Å². The van der Waals surface area contributed by atoms with Crippen LogP contribution < -0.4 is 21.3 Å². The Morgan fingerprint density at radius 1 is 0.974 bits per heavy atom. The van der Waals surface area contributed by atoms with Crippen molar-refractivity contribution in [1.29, 1.82) is 0 Å². The summed E-state index contributed by atoms with van der Waals surface area (Å²) in [6.45, 7) is 4.19. The van der Waals surface area contributed by atoms with Crippen molar-refractivity contribution in [3.8, 4) is 0 Å². The molecule has 1 saturated heterocycles. The molecular formula is C28H32N6O5. The number of rotatable bonds is 11. The number of nitrogens with zero attached hydrogens (tertiary/aromatic N) is 1. The molecule has 0 unspecified atom stereocenters. The number of para-hydroxylation sites is 1. The third-order valence-electron chi connectivity index (χ3n) is 6.57. The molecule has 4 rings (SSSR count). The minimum Gasteiger partial charge on any atom is -0.360 e. The fraction of sp³-hybridized carbons (Fsp3) is 0.321. The van der Waals surface area contributed by atoms with Gasteiger partial charge >= 0.3 is 6.03 Å². The lowest BCUT2D eigenvalue weighted by molar-refractivity contribution is -0.140. The first-order valence-corrected chi connectivity index (χ1v) is 12.8. The largest absolute Gasteiger partial charge is 0.360 e. The monoisotopic (exact) mass is 532 g/mol. The smallest absolute Gasteiger partial charge is 0.317 e. The summed E-state index contributed by atoms with van der Waals surface area (Å²) < 4.78 is 0. The molecule has 5 amide bonds. The lowest BCUT2D eigenvalue weighted by Crippen LogP contribution is -2.58. The second-order valence-electron chi connectivity index (χ2n) is 9.71. The van der Waals surface area contributed by atoms with Gasteiger partial charge in [-0.25, -0.2) is 4.79 Å². The average Bonchev–Trinajstić information content (AvgIpc) is 3.55. The van der Waals surface area contributed by atoms with Crippen LogP contribution in [0.2, 0.25) is 0 Å². The Balaban J connectivity index is 1.48. The summed E-state index contributed by atoms with van der Waals surface area (Å²) in [7, 11) is 0. The molecule has 2 atom stereocenters. The lowest BCUT2D eigenvalue weighted by Gasteiger charge is -2.27. The summed E-state index contributed by atoms with van der Waals surface area (Å²) in [5.41, 5.74) is 1.97. The Morgan fingerprint density at radius 2 is 1.69 bits per heavy atom. The van der Waals surface area contributed by atoms with Crippen molar-refractivity contribution in [2.75, 3.05) is 19.6 Å². The number of fused-ring (bicyclic) bond motifs is 1. The van der Waals surface area contributed by atoms with Crippen LogP contribution in [-0.4, -0.2) is 71.1 Å². The van der Waals surface area contributed by atoms with Crippen LogP contribution in [0.4, 0.5) is 4.79 Å². The number of urea groups is 1. The van der Waals surface area contributed by atoms with E-state index in [0.29, 0.717) is 24.0 Å². The summed E-state index contributed by atoms with van der Waals surface area (Å²) >= 11 is 0. The molecule has 1 aromatic heterocycles. The predicted molar refractivity (Wildman–Crippen MR) is 145 cm³/mol. The summed E-state index contributed by atoms with van der Waals surface area (Å²) in [5, 5.41) is 11.3. The molecule has 0 saturated carbocycles. The number of H-pyrrole nitrogens is 1. The van der Waals surface area contributed by atoms with Crippen molar-refractivity contribution in [2.24, 2.45) is 5.92 Å². The van der Waals surface area contributed by atoms with Crippen molar-refractivity contribution in [2.45, 2.75) is 32.5 Å². The predicted octanol–water partition coefficient (Wildman–Crippen LogP) is 1.32. The van der Waals surface area contributed by atoms with Crippen LogP contribution in [0.5, 0.6) is 0 Å². The van der Waals surface area contributed by atoms with Crippen molar-refractivity contribution in [3.05, 3.63) is 71.9 Å². The fourth-order valence-electron chi connectivity index (χ4n) is 4.40. The number of aromatic amines is 1. The maximum Gasteiger partial charge on any atom is 0.317 e. The molecule has 39 heavy (non-hydrogen) atoms. The first-order chi connectivity index (χ1) is 18.7. The zero-order valence-corrected chi connectivity index (χ0v) is 21.8. The second-order valence-corrected chi connectivity index (χ2v) is 9.71. The van der Waals surface area contributed by atoms with Crippen LogP contribution in [0.1, 0.15) is 29.8 Å². The normalized spacial score (nSPS) is 14.5. The Labute approximate surface area is 225 Å². The molecule has 0 bridgehead atoms.